The first kappa shape index (κ1) is 32.4. The molecule has 3 atom stereocenters. The Bertz CT molecular complexity index is 2180. The highest BCUT2D eigenvalue weighted by atomic mass is 32.2. The van der Waals surface area contributed by atoms with Gasteiger partial charge >= 0.3 is 0 Å². The Hall–Kier alpha value is -3.81. The van der Waals surface area contributed by atoms with Crippen LogP contribution < -0.4 is 5.32 Å². The molecule has 7 heterocycles. The Morgan fingerprint density at radius 2 is 1.98 bits per heavy atom. The third kappa shape index (κ3) is 5.93. The fourth-order valence-corrected chi connectivity index (χ4v) is 11.3. The number of nitrogens with one attached hydrogen (secondary N) is 1. The molecular formula is C36H41N7O4S2. The fraction of sp³-hybridized carbons (Fsp3) is 0.500. The zero-order chi connectivity index (χ0) is 34.1. The summed E-state index contributed by atoms with van der Waals surface area (Å²) in [5, 5.41) is 12.3. The topological polar surface area (TPSA) is 146 Å². The predicted octanol–water partition coefficient (Wildman–Crippen LogP) is 7.27. The van der Waals surface area contributed by atoms with Gasteiger partial charge in [-0.15, -0.1) is 21.5 Å². The molecule has 0 radical (unpaired) electrons. The summed E-state index contributed by atoms with van der Waals surface area (Å²) in [6.45, 7) is 10.9. The minimum Gasteiger partial charge on any atom is -0.421 e. The smallest absolute Gasteiger partial charge is 0.250 e. The van der Waals surface area contributed by atoms with Crippen LogP contribution >= 0.6 is 11.3 Å². The summed E-state index contributed by atoms with van der Waals surface area (Å²) >= 11 is 1.49. The Balaban J connectivity index is 1.30. The van der Waals surface area contributed by atoms with Crippen molar-refractivity contribution in [2.24, 2.45) is 11.8 Å². The second-order valence-corrected chi connectivity index (χ2v) is 17.6. The molecule has 8 rings (SSSR count). The monoisotopic (exact) mass is 699 g/mol. The Morgan fingerprint density at radius 3 is 2.76 bits per heavy atom. The standard InChI is InChI=1S/C36H41N7O4S2/c1-19(2)23-17-49(44,45)33-30(28-15-27-32(48-28)34(39-18-38-27)41-25-11-10-24-22(25)7-6-13-37-24)29(35-43-42-20(3)47-35)26(40-31(23)33)9-8-21-12-14-46-36(4,5)16-21/h6-7,13,15,18-19,21,23,25H,8-12,14,16-17H2,1-5H3,(H,38,39,41)/t21?,23-,25-/m1/s1. The van der Waals surface area contributed by atoms with Gasteiger partial charge in [0.15, 0.2) is 9.84 Å². The highest BCUT2D eigenvalue weighted by Crippen LogP contribution is 2.51. The number of sulfone groups is 1. The molecule has 1 aliphatic carbocycles. The van der Waals surface area contributed by atoms with Crippen LogP contribution in [0, 0.1) is 18.8 Å². The fourth-order valence-electron chi connectivity index (χ4n) is 7.91. The summed E-state index contributed by atoms with van der Waals surface area (Å²) in [7, 11) is -3.69. The molecule has 0 amide bonds. The third-order valence-electron chi connectivity index (χ3n) is 10.3. The molecule has 1 fully saturated rings. The van der Waals surface area contributed by atoms with Gasteiger partial charge in [0.25, 0.3) is 0 Å². The first-order valence-electron chi connectivity index (χ1n) is 17.2. The van der Waals surface area contributed by atoms with Crippen LogP contribution in [0.1, 0.15) is 93.9 Å². The SMILES string of the molecule is Cc1nnc(-c2c(CCC3CCOC(C)(C)C3)nc3c(c2-c2cc4ncnc(N[C@@H]5CCc6ncccc65)c4s2)S(=O)(=O)C[C@@H]3C(C)C)o1. The Labute approximate surface area is 290 Å². The quantitative estimate of drug-likeness (QED) is 0.174. The van der Waals surface area contributed by atoms with Gasteiger partial charge in [-0.3, -0.25) is 9.97 Å². The van der Waals surface area contributed by atoms with Crippen molar-refractivity contribution in [1.29, 1.82) is 0 Å². The second-order valence-electron chi connectivity index (χ2n) is 14.6. The van der Waals surface area contributed by atoms with Crippen molar-refractivity contribution >= 4 is 37.2 Å². The van der Waals surface area contributed by atoms with Gasteiger partial charge in [0.05, 0.1) is 49.5 Å². The lowest BCUT2D eigenvalue weighted by atomic mass is 9.84. The van der Waals surface area contributed by atoms with Crippen molar-refractivity contribution in [2.45, 2.75) is 95.6 Å². The van der Waals surface area contributed by atoms with Crippen LogP contribution in [0.3, 0.4) is 0 Å². The van der Waals surface area contributed by atoms with E-state index in [1.165, 1.54) is 16.9 Å². The molecule has 1 N–H and O–H groups in total. The number of nitrogens with zero attached hydrogens (tertiary/aromatic N) is 6. The number of hydrogen-bond acceptors (Lipinski definition) is 12. The number of hydrogen-bond donors (Lipinski definition) is 1. The Morgan fingerprint density at radius 1 is 1.12 bits per heavy atom. The zero-order valence-electron chi connectivity index (χ0n) is 28.5. The van der Waals surface area contributed by atoms with E-state index in [1.54, 1.807) is 13.3 Å². The van der Waals surface area contributed by atoms with E-state index in [9.17, 15) is 8.42 Å². The molecule has 3 aliphatic rings. The van der Waals surface area contributed by atoms with E-state index < -0.39 is 9.84 Å². The molecule has 0 spiro atoms. The number of anilines is 1. The number of aryl methyl sites for hydroxylation is 3. The number of thiophene rings is 1. The number of rotatable bonds is 8. The molecule has 5 aromatic heterocycles. The summed E-state index contributed by atoms with van der Waals surface area (Å²) in [6.07, 6.45) is 8.68. The van der Waals surface area contributed by atoms with Crippen LogP contribution in [-0.4, -0.2) is 56.5 Å². The molecule has 2 aliphatic heterocycles. The third-order valence-corrected chi connectivity index (χ3v) is 13.3. The van der Waals surface area contributed by atoms with Crippen LogP contribution in [0.5, 0.6) is 0 Å². The number of pyridine rings is 2. The molecule has 13 heteroatoms. The van der Waals surface area contributed by atoms with Crippen molar-refractivity contribution in [2.75, 3.05) is 17.7 Å². The van der Waals surface area contributed by atoms with E-state index in [-0.39, 0.29) is 40.0 Å². The molecule has 0 bridgehead atoms. The van der Waals surface area contributed by atoms with E-state index in [1.807, 2.05) is 18.3 Å². The highest BCUT2D eigenvalue weighted by Gasteiger charge is 2.43. The van der Waals surface area contributed by atoms with Crippen molar-refractivity contribution < 1.29 is 17.6 Å². The van der Waals surface area contributed by atoms with Crippen molar-refractivity contribution in [3.63, 3.8) is 0 Å². The van der Waals surface area contributed by atoms with Crippen molar-refractivity contribution in [1.82, 2.24) is 30.1 Å². The van der Waals surface area contributed by atoms with Crippen molar-refractivity contribution in [3.8, 4) is 21.9 Å². The maximum atomic E-state index is 14.2. The first-order chi connectivity index (χ1) is 23.5. The number of ether oxygens (including phenoxy) is 1. The molecule has 5 aromatic rings. The molecule has 1 saturated heterocycles. The van der Waals surface area contributed by atoms with Gasteiger partial charge in [0, 0.05) is 41.8 Å². The predicted molar refractivity (Wildman–Crippen MR) is 188 cm³/mol. The molecule has 11 nitrogen and oxygen atoms in total. The van der Waals surface area contributed by atoms with Crippen LogP contribution in [-0.2, 0) is 27.4 Å². The first-order valence-corrected chi connectivity index (χ1v) is 19.6. The van der Waals surface area contributed by atoms with Gasteiger partial charge < -0.3 is 14.5 Å². The summed E-state index contributed by atoms with van der Waals surface area (Å²) in [4.78, 5) is 20.1. The average Bonchev–Trinajstić information content (AvgIpc) is 3.84. The summed E-state index contributed by atoms with van der Waals surface area (Å²) in [5.41, 5.74) is 5.46. The van der Waals surface area contributed by atoms with Crippen LogP contribution in [0.2, 0.25) is 0 Å². The van der Waals surface area contributed by atoms with E-state index in [0.29, 0.717) is 40.9 Å². The molecule has 256 valence electrons. The number of fused-ring (bicyclic) bond motifs is 3. The maximum Gasteiger partial charge on any atom is 0.250 e. The van der Waals surface area contributed by atoms with E-state index in [4.69, 9.17) is 14.1 Å². The lowest BCUT2D eigenvalue weighted by molar-refractivity contribution is -0.0734. The molecule has 1 unspecified atom stereocenters. The summed E-state index contributed by atoms with van der Waals surface area (Å²) in [5.74, 6) is 1.74. The maximum absolute atomic E-state index is 14.2. The van der Waals surface area contributed by atoms with Gasteiger partial charge in [0.2, 0.25) is 11.8 Å². The van der Waals surface area contributed by atoms with Gasteiger partial charge in [-0.05, 0) is 81.9 Å². The molecular weight excluding hydrogens is 659 g/mol. The van der Waals surface area contributed by atoms with Crippen LogP contribution in [0.15, 0.2) is 40.0 Å². The summed E-state index contributed by atoms with van der Waals surface area (Å²) < 4.78 is 41.4. The van der Waals surface area contributed by atoms with Gasteiger partial charge in [0.1, 0.15) is 12.1 Å². The molecule has 0 saturated carbocycles. The number of aromatic nitrogens is 6. The molecule has 0 aromatic carbocycles. The van der Waals surface area contributed by atoms with Gasteiger partial charge in [-0.2, -0.15) is 0 Å². The lowest BCUT2D eigenvalue weighted by Crippen LogP contribution is -2.34. The van der Waals surface area contributed by atoms with Gasteiger partial charge in [-0.25, -0.2) is 18.4 Å². The van der Waals surface area contributed by atoms with E-state index in [2.05, 4.69) is 64.2 Å². The normalized spacial score (nSPS) is 22.4. The molecule has 49 heavy (non-hydrogen) atoms. The largest absolute Gasteiger partial charge is 0.421 e. The van der Waals surface area contributed by atoms with Crippen LogP contribution in [0.25, 0.3) is 32.1 Å². The minimum absolute atomic E-state index is 0.0204. The zero-order valence-corrected chi connectivity index (χ0v) is 30.1. The minimum atomic E-state index is -3.69. The average molecular weight is 700 g/mol. The van der Waals surface area contributed by atoms with E-state index >= 15 is 0 Å². The second kappa shape index (κ2) is 12.2. The lowest BCUT2D eigenvalue weighted by Gasteiger charge is -2.35. The Kier molecular flexibility index (Phi) is 8.07. The van der Waals surface area contributed by atoms with Crippen molar-refractivity contribution in [3.05, 3.63) is 59.3 Å². The highest BCUT2D eigenvalue weighted by molar-refractivity contribution is 7.92. The van der Waals surface area contributed by atoms with Crippen LogP contribution in [0.4, 0.5) is 5.82 Å². The van der Waals surface area contributed by atoms with E-state index in [0.717, 1.165) is 65.2 Å². The van der Waals surface area contributed by atoms with Gasteiger partial charge in [-0.1, -0.05) is 19.9 Å². The summed E-state index contributed by atoms with van der Waals surface area (Å²) in [6, 6.07) is 6.13.